The van der Waals surface area contributed by atoms with Gasteiger partial charge >= 0.3 is 11.5 Å². The van der Waals surface area contributed by atoms with Crippen LogP contribution in [0.5, 0.6) is 0 Å². The maximum Gasteiger partial charge on any atom is 0.330 e. The summed E-state index contributed by atoms with van der Waals surface area (Å²) in [5.41, 5.74) is -0.731. The fourth-order valence-corrected chi connectivity index (χ4v) is 10.3. The normalized spacial score (nSPS) is 20.7. The Bertz CT molecular complexity index is 1210. The van der Waals surface area contributed by atoms with Crippen molar-refractivity contribution in [1.29, 1.82) is 0 Å². The summed E-state index contributed by atoms with van der Waals surface area (Å²) < 4.78 is 27.3. The topological polar surface area (TPSA) is 111 Å². The summed E-state index contributed by atoms with van der Waals surface area (Å²) in [7, 11) is 0. The van der Waals surface area contributed by atoms with Gasteiger partial charge in [-0.15, -0.1) is 0 Å². The van der Waals surface area contributed by atoms with E-state index >= 15 is 0 Å². The number of ether oxygens (including phenoxy) is 1. The Hall–Kier alpha value is -2.07. The first-order chi connectivity index (χ1) is 15.9. The number of H-pyrrole nitrogens is 1. The zero-order chi connectivity index (χ0) is 23.4. The van der Waals surface area contributed by atoms with Gasteiger partial charge in [-0.1, -0.05) is 36.4 Å². The van der Waals surface area contributed by atoms with Crippen LogP contribution in [0.4, 0.5) is 0 Å². The maximum atomic E-state index is 14.0. The minimum Gasteiger partial charge on any atom is -0.394 e. The van der Waals surface area contributed by atoms with Crippen LogP contribution in [0.2, 0.25) is 0 Å². The molecule has 0 saturated carbocycles. The van der Waals surface area contributed by atoms with Crippen LogP contribution in [-0.2, 0) is 13.8 Å². The van der Waals surface area contributed by atoms with E-state index in [-0.39, 0.29) is 13.0 Å². The van der Waals surface area contributed by atoms with Gasteiger partial charge in [-0.3, -0.25) is 18.9 Å². The Balaban J connectivity index is 1.60. The molecule has 0 unspecified atom stereocenters. The molecule has 2 heterocycles. The molecule has 1 fully saturated rings. The SMILES string of the molecule is Cc1cn([C@H]2C[C@H](OP(=O)(Sc3ccccc3)Sc3ccccc3)[C@@H](CO)O2)c(=O)[nH]c1=O. The highest BCUT2D eigenvalue weighted by molar-refractivity contribution is 8.89. The van der Waals surface area contributed by atoms with Gasteiger partial charge in [0.25, 0.3) is 5.56 Å². The number of aromatic nitrogens is 2. The van der Waals surface area contributed by atoms with Crippen LogP contribution in [0.1, 0.15) is 18.2 Å². The van der Waals surface area contributed by atoms with Crippen molar-refractivity contribution >= 4 is 28.5 Å². The molecule has 0 bridgehead atoms. The molecule has 0 spiro atoms. The number of rotatable bonds is 8. The third-order valence-corrected chi connectivity index (χ3v) is 11.4. The van der Waals surface area contributed by atoms with Gasteiger partial charge in [0.2, 0.25) is 0 Å². The van der Waals surface area contributed by atoms with Crippen molar-refractivity contribution < 1.29 is 18.9 Å². The molecule has 174 valence electrons. The summed E-state index contributed by atoms with van der Waals surface area (Å²) >= 11 is 2.27. The molecule has 1 aliphatic heterocycles. The summed E-state index contributed by atoms with van der Waals surface area (Å²) in [5, 5.41) is 9.89. The van der Waals surface area contributed by atoms with Gasteiger partial charge in [-0.2, -0.15) is 0 Å². The summed E-state index contributed by atoms with van der Waals surface area (Å²) in [5.74, 6) is -3.41. The van der Waals surface area contributed by atoms with E-state index in [0.717, 1.165) is 32.6 Å². The van der Waals surface area contributed by atoms with E-state index in [4.69, 9.17) is 9.26 Å². The number of aliphatic hydroxyl groups is 1. The Morgan fingerprint density at radius 2 is 1.67 bits per heavy atom. The molecule has 11 heteroatoms. The average molecular weight is 507 g/mol. The number of aliphatic hydroxyl groups excluding tert-OH is 1. The smallest absolute Gasteiger partial charge is 0.330 e. The van der Waals surface area contributed by atoms with E-state index in [0.29, 0.717) is 5.56 Å². The number of benzene rings is 2. The lowest BCUT2D eigenvalue weighted by atomic mass is 10.2. The Labute approximate surface area is 198 Å². The first-order valence-electron chi connectivity index (χ1n) is 10.2. The van der Waals surface area contributed by atoms with E-state index in [9.17, 15) is 19.3 Å². The number of nitrogens with one attached hydrogen (secondary N) is 1. The van der Waals surface area contributed by atoms with Gasteiger partial charge in [-0.25, -0.2) is 4.79 Å². The second-order valence-electron chi connectivity index (χ2n) is 7.43. The quantitative estimate of drug-likeness (QED) is 0.438. The van der Waals surface area contributed by atoms with Gasteiger partial charge in [-0.05, 0) is 54.0 Å². The number of hydrogen-bond donors (Lipinski definition) is 2. The second kappa shape index (κ2) is 10.5. The van der Waals surface area contributed by atoms with Crippen LogP contribution in [-0.4, -0.2) is 33.5 Å². The summed E-state index contributed by atoms with van der Waals surface area (Å²) in [6, 6.07) is 18.6. The third kappa shape index (κ3) is 5.90. The van der Waals surface area contributed by atoms with Crippen molar-refractivity contribution in [1.82, 2.24) is 9.55 Å². The van der Waals surface area contributed by atoms with Crippen LogP contribution >= 0.6 is 28.5 Å². The van der Waals surface area contributed by atoms with Gasteiger partial charge in [0.15, 0.2) is 0 Å². The van der Waals surface area contributed by atoms with Crippen molar-refractivity contribution in [2.75, 3.05) is 6.61 Å². The molecule has 2 aromatic carbocycles. The largest absolute Gasteiger partial charge is 0.394 e. The maximum absolute atomic E-state index is 14.0. The standard InChI is InChI=1S/C22H23N2O6PS2/c1-15-13-24(22(27)23-21(15)26)20-12-18(19(14-25)29-20)30-31(28,32-16-8-4-2-5-9-16)33-17-10-6-3-7-11-17/h2-11,13,18-20,25H,12,14H2,1H3,(H,23,26,27)/t18-,19+,20+/m0/s1. The highest BCUT2D eigenvalue weighted by Gasteiger charge is 2.42. The van der Waals surface area contributed by atoms with Gasteiger partial charge in [0.1, 0.15) is 12.3 Å². The lowest BCUT2D eigenvalue weighted by Gasteiger charge is -2.23. The molecular weight excluding hydrogens is 483 g/mol. The summed E-state index contributed by atoms with van der Waals surface area (Å²) in [6.07, 6.45) is -0.676. The summed E-state index contributed by atoms with van der Waals surface area (Å²) in [6.45, 7) is 1.21. The van der Waals surface area contributed by atoms with Crippen LogP contribution in [0.25, 0.3) is 0 Å². The van der Waals surface area contributed by atoms with E-state index in [1.807, 2.05) is 60.7 Å². The second-order valence-corrected chi connectivity index (χ2v) is 14.5. The van der Waals surface area contributed by atoms with Crippen molar-refractivity contribution in [2.24, 2.45) is 0 Å². The molecule has 1 aliphatic rings. The molecular formula is C22H23N2O6PS2. The third-order valence-electron chi connectivity index (χ3n) is 5.00. The fourth-order valence-electron chi connectivity index (χ4n) is 3.39. The molecule has 1 saturated heterocycles. The van der Waals surface area contributed by atoms with Gasteiger partial charge in [0, 0.05) is 28.0 Å². The Morgan fingerprint density at radius 3 is 2.21 bits per heavy atom. The van der Waals surface area contributed by atoms with E-state index in [1.165, 1.54) is 10.8 Å². The first kappa shape index (κ1) is 24.1. The predicted octanol–water partition coefficient (Wildman–Crippen LogP) is 4.20. The highest BCUT2D eigenvalue weighted by Crippen LogP contribution is 2.75. The molecule has 4 rings (SSSR count). The molecule has 0 amide bonds. The highest BCUT2D eigenvalue weighted by atomic mass is 33.1. The minimum atomic E-state index is -3.41. The average Bonchev–Trinajstić information content (AvgIpc) is 3.19. The van der Waals surface area contributed by atoms with Crippen LogP contribution in [0.15, 0.2) is 86.2 Å². The molecule has 3 atom stereocenters. The minimum absolute atomic E-state index is 0.186. The molecule has 1 aromatic heterocycles. The molecule has 8 nitrogen and oxygen atoms in total. The Morgan fingerprint density at radius 1 is 1.09 bits per heavy atom. The van der Waals surface area contributed by atoms with Crippen molar-refractivity contribution in [3.05, 3.63) is 93.3 Å². The van der Waals surface area contributed by atoms with Crippen molar-refractivity contribution in [2.45, 2.75) is 41.6 Å². The van der Waals surface area contributed by atoms with Crippen LogP contribution in [0, 0.1) is 6.92 Å². The summed E-state index contributed by atoms with van der Waals surface area (Å²) in [4.78, 5) is 27.8. The van der Waals surface area contributed by atoms with Crippen molar-refractivity contribution in [3.63, 3.8) is 0 Å². The van der Waals surface area contributed by atoms with Crippen LogP contribution < -0.4 is 11.2 Å². The molecule has 33 heavy (non-hydrogen) atoms. The van der Waals surface area contributed by atoms with Gasteiger partial charge in [0.05, 0.1) is 12.7 Å². The van der Waals surface area contributed by atoms with E-state index < -0.39 is 35.5 Å². The zero-order valence-corrected chi connectivity index (χ0v) is 20.2. The van der Waals surface area contributed by atoms with Gasteiger partial charge < -0.3 is 14.4 Å². The molecule has 3 aromatic rings. The van der Waals surface area contributed by atoms with E-state index in [2.05, 4.69) is 4.98 Å². The lowest BCUT2D eigenvalue weighted by Crippen LogP contribution is -2.33. The van der Waals surface area contributed by atoms with E-state index in [1.54, 1.807) is 6.92 Å². The number of nitrogens with zero attached hydrogens (tertiary/aromatic N) is 1. The fraction of sp³-hybridized carbons (Fsp3) is 0.273. The Kier molecular flexibility index (Phi) is 7.63. The lowest BCUT2D eigenvalue weighted by molar-refractivity contribution is -0.0411. The number of aromatic amines is 1. The molecule has 0 aliphatic carbocycles. The number of hydrogen-bond acceptors (Lipinski definition) is 8. The predicted molar refractivity (Wildman–Crippen MR) is 129 cm³/mol. The van der Waals surface area contributed by atoms with Crippen molar-refractivity contribution in [3.8, 4) is 0 Å². The monoisotopic (exact) mass is 506 g/mol. The first-order valence-corrected chi connectivity index (χ1v) is 14.7. The zero-order valence-electron chi connectivity index (χ0n) is 17.7. The molecule has 2 N–H and O–H groups in total. The number of aryl methyl sites for hydroxylation is 1. The molecule has 0 radical (unpaired) electrons. The van der Waals surface area contributed by atoms with Crippen LogP contribution in [0.3, 0.4) is 0 Å².